The van der Waals surface area contributed by atoms with Crippen molar-refractivity contribution in [3.05, 3.63) is 82.5 Å². The molecule has 1 aromatic carbocycles. The van der Waals surface area contributed by atoms with Crippen molar-refractivity contribution in [1.82, 2.24) is 20.2 Å². The van der Waals surface area contributed by atoms with Crippen molar-refractivity contribution in [2.75, 3.05) is 6.61 Å². The summed E-state index contributed by atoms with van der Waals surface area (Å²) < 4.78 is 25.4. The fourth-order valence-electron chi connectivity index (χ4n) is 3.96. The van der Waals surface area contributed by atoms with Gasteiger partial charge in [-0.15, -0.1) is 21.5 Å². The first-order valence-corrected chi connectivity index (χ1v) is 12.4. The number of rotatable bonds is 7. The Morgan fingerprint density at radius 2 is 1.92 bits per heavy atom. The largest absolute Gasteiger partial charge is 0.462 e. The van der Waals surface area contributed by atoms with E-state index in [4.69, 9.17) is 20.8 Å². The van der Waals surface area contributed by atoms with Gasteiger partial charge in [-0.25, -0.2) is 14.2 Å². The number of benzene rings is 1. The summed E-state index contributed by atoms with van der Waals surface area (Å²) in [7, 11) is 0. The molecule has 0 aliphatic heterocycles. The molecule has 5 rings (SSSR count). The van der Waals surface area contributed by atoms with Gasteiger partial charge in [-0.3, -0.25) is 4.98 Å². The van der Waals surface area contributed by atoms with Crippen LogP contribution < -0.4 is 0 Å². The van der Waals surface area contributed by atoms with Crippen LogP contribution in [0.15, 0.2) is 53.2 Å². The summed E-state index contributed by atoms with van der Waals surface area (Å²) in [5.74, 6) is -0.176. The maximum Gasteiger partial charge on any atom is 0.340 e. The van der Waals surface area contributed by atoms with Crippen molar-refractivity contribution < 1.29 is 18.3 Å². The molecule has 0 N–H and O–H groups in total. The predicted molar refractivity (Wildman–Crippen MR) is 136 cm³/mol. The van der Waals surface area contributed by atoms with Crippen LogP contribution in [0.3, 0.4) is 0 Å². The molecule has 0 spiro atoms. The number of nitrogens with zero attached hydrogens (tertiary/aromatic N) is 4. The Hall–Kier alpha value is -3.69. The number of carbonyl (C=O) groups excluding carboxylic acids is 1. The lowest BCUT2D eigenvalue weighted by Gasteiger charge is -2.15. The van der Waals surface area contributed by atoms with Crippen LogP contribution in [0.2, 0.25) is 5.15 Å². The van der Waals surface area contributed by atoms with E-state index in [2.05, 4.69) is 20.2 Å². The number of aromatic nitrogens is 4. The minimum atomic E-state index is -0.510. The average molecular weight is 523 g/mol. The van der Waals surface area contributed by atoms with E-state index in [9.17, 15) is 9.18 Å². The number of carbonyl (C=O) groups is 1. The molecule has 0 bridgehead atoms. The highest BCUT2D eigenvalue weighted by atomic mass is 35.5. The van der Waals surface area contributed by atoms with Crippen LogP contribution in [0.1, 0.15) is 34.4 Å². The summed E-state index contributed by atoms with van der Waals surface area (Å²) in [5.41, 5.74) is 3.02. The van der Waals surface area contributed by atoms with Gasteiger partial charge < -0.3 is 9.15 Å². The minimum Gasteiger partial charge on any atom is -0.462 e. The number of hydrogen-bond donors (Lipinski definition) is 0. The first kappa shape index (κ1) is 24.0. The highest BCUT2D eigenvalue weighted by Crippen LogP contribution is 2.43. The SMILES string of the molecule is CCOC(=O)c1cnc(CCc2ccc(F)cc2)c(-c2nnc(C)o2)c1-c1cc2ccnc(Cl)c2s1. The van der Waals surface area contributed by atoms with Gasteiger partial charge in [0.15, 0.2) is 0 Å². The molecule has 0 aliphatic rings. The maximum absolute atomic E-state index is 13.4. The van der Waals surface area contributed by atoms with Gasteiger partial charge in [-0.05, 0) is 55.0 Å². The first-order chi connectivity index (χ1) is 17.4. The normalized spacial score (nSPS) is 11.2. The van der Waals surface area contributed by atoms with Crippen molar-refractivity contribution >= 4 is 39.0 Å². The fraction of sp³-hybridized carbons (Fsp3) is 0.192. The lowest BCUT2D eigenvalue weighted by molar-refractivity contribution is 0.0527. The number of fused-ring (bicyclic) bond motifs is 1. The van der Waals surface area contributed by atoms with Crippen molar-refractivity contribution in [3.63, 3.8) is 0 Å². The summed E-state index contributed by atoms with van der Waals surface area (Å²) in [5, 5.41) is 9.53. The zero-order chi connectivity index (χ0) is 25.2. The summed E-state index contributed by atoms with van der Waals surface area (Å²) in [6.07, 6.45) is 4.24. The Kier molecular flexibility index (Phi) is 6.75. The molecule has 0 unspecified atom stereocenters. The Labute approximate surface area is 214 Å². The molecule has 0 amide bonds. The second-order valence-electron chi connectivity index (χ2n) is 7.97. The highest BCUT2D eigenvalue weighted by molar-refractivity contribution is 7.22. The van der Waals surface area contributed by atoms with Crippen LogP contribution in [-0.2, 0) is 17.6 Å². The average Bonchev–Trinajstić information content (AvgIpc) is 3.50. The van der Waals surface area contributed by atoms with Crippen molar-refractivity contribution in [1.29, 1.82) is 0 Å². The second-order valence-corrected chi connectivity index (χ2v) is 9.38. The lowest BCUT2D eigenvalue weighted by atomic mass is 9.96. The minimum absolute atomic E-state index is 0.210. The van der Waals surface area contributed by atoms with E-state index in [0.29, 0.717) is 40.7 Å². The van der Waals surface area contributed by atoms with E-state index in [1.165, 1.54) is 29.7 Å². The zero-order valence-electron chi connectivity index (χ0n) is 19.4. The van der Waals surface area contributed by atoms with Gasteiger partial charge in [0.25, 0.3) is 0 Å². The zero-order valence-corrected chi connectivity index (χ0v) is 21.0. The standard InChI is InChI=1S/C26H20ClFN4O3S/c1-3-34-26(33)18-13-30-19(9-6-15-4-7-17(28)8-5-15)22(25-32-31-14(2)35-25)21(18)20-12-16-10-11-29-24(27)23(16)36-20/h4-5,7-8,10-13H,3,6,9H2,1-2H3. The van der Waals surface area contributed by atoms with Crippen molar-refractivity contribution in [2.24, 2.45) is 0 Å². The van der Waals surface area contributed by atoms with Gasteiger partial charge in [0.1, 0.15) is 11.0 Å². The van der Waals surface area contributed by atoms with Crippen LogP contribution in [0.25, 0.3) is 32.0 Å². The molecule has 36 heavy (non-hydrogen) atoms. The number of esters is 1. The topological polar surface area (TPSA) is 91.0 Å². The van der Waals surface area contributed by atoms with Gasteiger partial charge in [0.05, 0.1) is 28.1 Å². The van der Waals surface area contributed by atoms with E-state index in [-0.39, 0.29) is 23.9 Å². The summed E-state index contributed by atoms with van der Waals surface area (Å²) in [6, 6.07) is 10.1. The molecule has 7 nitrogen and oxygen atoms in total. The molecule has 4 aromatic heterocycles. The van der Waals surface area contributed by atoms with Gasteiger partial charge in [0, 0.05) is 29.8 Å². The van der Waals surface area contributed by atoms with E-state index in [1.807, 2.05) is 12.1 Å². The maximum atomic E-state index is 13.4. The van der Waals surface area contributed by atoms with Gasteiger partial charge in [-0.2, -0.15) is 0 Å². The molecular weight excluding hydrogens is 503 g/mol. The van der Waals surface area contributed by atoms with Gasteiger partial charge in [0.2, 0.25) is 11.8 Å². The number of halogens is 2. The summed E-state index contributed by atoms with van der Waals surface area (Å²) in [4.78, 5) is 22.6. The smallest absolute Gasteiger partial charge is 0.340 e. The number of ether oxygens (including phenoxy) is 1. The third kappa shape index (κ3) is 4.72. The predicted octanol–water partition coefficient (Wildman–Crippen LogP) is 6.47. The van der Waals surface area contributed by atoms with Gasteiger partial charge in [-0.1, -0.05) is 23.7 Å². The Morgan fingerprint density at radius 1 is 1.11 bits per heavy atom. The Balaban J connectivity index is 1.72. The molecule has 0 saturated heterocycles. The summed E-state index contributed by atoms with van der Waals surface area (Å²) >= 11 is 7.76. The molecule has 0 radical (unpaired) electrons. The quantitative estimate of drug-likeness (QED) is 0.179. The first-order valence-electron chi connectivity index (χ1n) is 11.2. The van der Waals surface area contributed by atoms with Crippen LogP contribution in [-0.4, -0.2) is 32.7 Å². The van der Waals surface area contributed by atoms with Gasteiger partial charge >= 0.3 is 5.97 Å². The summed E-state index contributed by atoms with van der Waals surface area (Å²) in [6.45, 7) is 3.65. The third-order valence-corrected chi connectivity index (χ3v) is 7.17. The Morgan fingerprint density at radius 3 is 2.61 bits per heavy atom. The fourth-order valence-corrected chi connectivity index (χ4v) is 5.34. The number of aryl methyl sites for hydroxylation is 3. The molecule has 0 aliphatic carbocycles. The van der Waals surface area contributed by atoms with E-state index in [0.717, 1.165) is 20.5 Å². The number of pyridine rings is 2. The molecular formula is C26H20ClFN4O3S. The van der Waals surface area contributed by atoms with Crippen LogP contribution in [0, 0.1) is 12.7 Å². The monoisotopic (exact) mass is 522 g/mol. The number of hydrogen-bond acceptors (Lipinski definition) is 8. The molecule has 0 atom stereocenters. The van der Waals surface area contributed by atoms with E-state index >= 15 is 0 Å². The molecule has 0 fully saturated rings. The van der Waals surface area contributed by atoms with Crippen LogP contribution in [0.4, 0.5) is 4.39 Å². The molecule has 10 heteroatoms. The lowest BCUT2D eigenvalue weighted by Crippen LogP contribution is -2.10. The van der Waals surface area contributed by atoms with Crippen molar-refractivity contribution in [2.45, 2.75) is 26.7 Å². The Bertz CT molecular complexity index is 1570. The van der Waals surface area contributed by atoms with E-state index in [1.54, 1.807) is 32.2 Å². The highest BCUT2D eigenvalue weighted by Gasteiger charge is 2.27. The van der Waals surface area contributed by atoms with Crippen LogP contribution >= 0.6 is 22.9 Å². The number of thiophene rings is 1. The molecule has 182 valence electrons. The van der Waals surface area contributed by atoms with Crippen LogP contribution in [0.5, 0.6) is 0 Å². The molecule has 5 aromatic rings. The second kappa shape index (κ2) is 10.1. The molecule has 4 heterocycles. The molecule has 0 saturated carbocycles. The van der Waals surface area contributed by atoms with E-state index < -0.39 is 5.97 Å². The van der Waals surface area contributed by atoms with Crippen molar-refractivity contribution in [3.8, 4) is 21.9 Å². The third-order valence-electron chi connectivity index (χ3n) is 5.59.